The van der Waals surface area contributed by atoms with E-state index in [1.54, 1.807) is 6.08 Å². The molecule has 18 atom stereocenters. The number of ketones is 1. The molecular formula is C48H74N2O7. The number of aliphatic hydroxyl groups is 4. The van der Waals surface area contributed by atoms with Crippen LogP contribution in [0.2, 0.25) is 0 Å². The maximum atomic E-state index is 14.5. The Morgan fingerprint density at radius 3 is 2.56 bits per heavy atom. The lowest BCUT2D eigenvalue weighted by Crippen LogP contribution is -2.66. The molecule has 1 saturated heterocycles. The van der Waals surface area contributed by atoms with Gasteiger partial charge in [0.1, 0.15) is 6.10 Å². The van der Waals surface area contributed by atoms with Crippen molar-refractivity contribution in [2.75, 3.05) is 6.61 Å². The van der Waals surface area contributed by atoms with Gasteiger partial charge in [0.05, 0.1) is 41.8 Å². The molecule has 6 aliphatic carbocycles. The summed E-state index contributed by atoms with van der Waals surface area (Å²) >= 11 is 0. The SMILES string of the molecule is CCCCCOC(C1OC2CCC(CCC)CCC2C1C)C(C)(O)C1CCC2(O)C3=CC(=O)C4CC(O)C(O)CC45CC(C4=CNC(N)C=C4)C=CC(CC12C)C35. The standard InChI is InChI=1S/C48H74N2O7/c1-6-8-9-21-56-44(43-28(3)33-16-11-29(10-7-2)12-17-39(33)57-43)46(5,54)40-19-20-48(55)35-23-36(51)34-22-37(52)38(53)26-47(34)25-30(32-15-18-41(49)50-27-32)13-14-31(42(35)47)24-45(40,48)4/h13-15,18,23,27-31,33-34,37-44,50,52-55H,6-12,16-17,19-22,24-26,49H2,1-5H3. The summed E-state index contributed by atoms with van der Waals surface area (Å²) in [6, 6.07) is 0. The molecule has 2 aliphatic heterocycles. The summed E-state index contributed by atoms with van der Waals surface area (Å²) in [6.45, 7) is 11.5. The normalized spacial score (nSPS) is 47.9. The second-order valence-corrected chi connectivity index (χ2v) is 20.7. The highest BCUT2D eigenvalue weighted by Crippen LogP contribution is 2.72. The average Bonchev–Trinajstić information content (AvgIpc) is 3.46. The fraction of sp³-hybridized carbons (Fsp3) is 0.812. The lowest BCUT2D eigenvalue weighted by atomic mass is 9.42. The van der Waals surface area contributed by atoms with Crippen molar-refractivity contribution in [2.45, 2.75) is 179 Å². The van der Waals surface area contributed by atoms with Crippen LogP contribution in [0.25, 0.3) is 0 Å². The maximum absolute atomic E-state index is 14.5. The van der Waals surface area contributed by atoms with Crippen molar-refractivity contribution in [1.82, 2.24) is 5.32 Å². The smallest absolute Gasteiger partial charge is 0.159 e. The van der Waals surface area contributed by atoms with Crippen LogP contribution in [-0.4, -0.2) is 80.7 Å². The zero-order chi connectivity index (χ0) is 40.5. The van der Waals surface area contributed by atoms with Crippen LogP contribution in [-0.2, 0) is 14.3 Å². The first-order valence-corrected chi connectivity index (χ1v) is 23.1. The number of carbonyl (C=O) groups is 1. The number of carbonyl (C=O) groups excluding carboxylic acids is 1. The molecule has 5 fully saturated rings. The van der Waals surface area contributed by atoms with Gasteiger partial charge < -0.3 is 41.0 Å². The molecule has 8 aliphatic rings. The highest BCUT2D eigenvalue weighted by molar-refractivity contribution is 5.95. The van der Waals surface area contributed by atoms with Crippen molar-refractivity contribution >= 4 is 5.78 Å². The van der Waals surface area contributed by atoms with Crippen LogP contribution in [0.3, 0.4) is 0 Å². The molecule has 18 unspecified atom stereocenters. The Bertz CT molecular complexity index is 1620. The van der Waals surface area contributed by atoms with E-state index >= 15 is 0 Å². The Kier molecular flexibility index (Phi) is 11.7. The number of nitrogens with two attached hydrogens (primary N) is 1. The van der Waals surface area contributed by atoms with E-state index < -0.39 is 46.3 Å². The first-order valence-electron chi connectivity index (χ1n) is 23.1. The number of hydrogen-bond donors (Lipinski definition) is 6. The van der Waals surface area contributed by atoms with Crippen LogP contribution in [0.15, 0.2) is 47.7 Å². The summed E-state index contributed by atoms with van der Waals surface area (Å²) in [7, 11) is 0. The molecule has 1 spiro atoms. The van der Waals surface area contributed by atoms with Crippen LogP contribution in [0, 0.1) is 58.2 Å². The predicted molar refractivity (Wildman–Crippen MR) is 221 cm³/mol. The van der Waals surface area contributed by atoms with Crippen LogP contribution >= 0.6 is 0 Å². The van der Waals surface area contributed by atoms with E-state index in [-0.39, 0.29) is 60.2 Å². The molecule has 0 aromatic heterocycles. The summed E-state index contributed by atoms with van der Waals surface area (Å²) in [5, 5.41) is 52.4. The molecule has 0 bridgehead atoms. The summed E-state index contributed by atoms with van der Waals surface area (Å²) in [4.78, 5) is 14.5. The van der Waals surface area contributed by atoms with E-state index in [9.17, 15) is 25.2 Å². The van der Waals surface area contributed by atoms with Gasteiger partial charge in [-0.2, -0.15) is 0 Å². The topological polar surface area (TPSA) is 155 Å². The van der Waals surface area contributed by atoms with Gasteiger partial charge in [0.25, 0.3) is 0 Å². The highest BCUT2D eigenvalue weighted by Gasteiger charge is 2.72. The molecule has 8 rings (SSSR count). The van der Waals surface area contributed by atoms with Crippen molar-refractivity contribution in [3.8, 4) is 0 Å². The van der Waals surface area contributed by atoms with E-state index in [0.29, 0.717) is 44.6 Å². The van der Waals surface area contributed by atoms with Gasteiger partial charge in [-0.1, -0.05) is 78.0 Å². The molecule has 0 amide bonds. The number of hydrogen-bond acceptors (Lipinski definition) is 9. The molecule has 9 heteroatoms. The fourth-order valence-electron chi connectivity index (χ4n) is 14.7. The van der Waals surface area contributed by atoms with Gasteiger partial charge in [-0.3, -0.25) is 4.79 Å². The lowest BCUT2D eigenvalue weighted by molar-refractivity contribution is -0.216. The van der Waals surface area contributed by atoms with E-state index in [1.807, 2.05) is 19.2 Å². The van der Waals surface area contributed by atoms with Gasteiger partial charge in [0, 0.05) is 30.1 Å². The third-order valence-electron chi connectivity index (χ3n) is 17.5. The van der Waals surface area contributed by atoms with Gasteiger partial charge in [-0.15, -0.1) is 0 Å². The molecule has 2 heterocycles. The molecule has 7 N–H and O–H groups in total. The van der Waals surface area contributed by atoms with Crippen molar-refractivity contribution in [3.63, 3.8) is 0 Å². The van der Waals surface area contributed by atoms with Crippen LogP contribution < -0.4 is 11.1 Å². The number of unbranched alkanes of at least 4 members (excludes halogenated alkanes) is 2. The fourth-order valence-corrected chi connectivity index (χ4v) is 14.7. The van der Waals surface area contributed by atoms with Crippen molar-refractivity contribution in [1.29, 1.82) is 0 Å². The molecule has 4 saturated carbocycles. The second-order valence-electron chi connectivity index (χ2n) is 20.7. The van der Waals surface area contributed by atoms with Crippen LogP contribution in [0.4, 0.5) is 0 Å². The number of aliphatic hydroxyl groups excluding tert-OH is 2. The Labute approximate surface area is 342 Å². The highest BCUT2D eigenvalue weighted by atomic mass is 16.6. The van der Waals surface area contributed by atoms with Crippen molar-refractivity contribution < 1.29 is 34.7 Å². The zero-order valence-electron chi connectivity index (χ0n) is 35.5. The van der Waals surface area contributed by atoms with Crippen LogP contribution in [0.5, 0.6) is 0 Å². The van der Waals surface area contributed by atoms with E-state index in [1.165, 1.54) is 25.7 Å². The first-order chi connectivity index (χ1) is 27.2. The minimum Gasteiger partial charge on any atom is -0.390 e. The van der Waals surface area contributed by atoms with Gasteiger partial charge in [-0.05, 0) is 135 Å². The maximum Gasteiger partial charge on any atom is 0.159 e. The van der Waals surface area contributed by atoms with Crippen molar-refractivity contribution in [2.24, 2.45) is 63.9 Å². The monoisotopic (exact) mass is 791 g/mol. The quantitative estimate of drug-likeness (QED) is 0.1000. The molecule has 0 aromatic carbocycles. The Hall–Kier alpha value is -1.85. The molecule has 0 radical (unpaired) electrons. The lowest BCUT2D eigenvalue weighted by Gasteiger charge is -2.63. The Balaban J connectivity index is 1.16. The van der Waals surface area contributed by atoms with Gasteiger partial charge in [0.15, 0.2) is 5.78 Å². The molecule has 57 heavy (non-hydrogen) atoms. The molecule has 0 aromatic rings. The second kappa shape index (κ2) is 15.9. The third kappa shape index (κ3) is 6.89. The van der Waals surface area contributed by atoms with E-state index in [4.69, 9.17) is 15.2 Å². The predicted octanol–water partition coefficient (Wildman–Crippen LogP) is 6.64. The molecular weight excluding hydrogens is 717 g/mol. The number of dihydropyridines is 1. The number of fused-ring (bicyclic) bond motifs is 3. The number of rotatable bonds is 11. The Morgan fingerprint density at radius 2 is 1.82 bits per heavy atom. The average molecular weight is 791 g/mol. The summed E-state index contributed by atoms with van der Waals surface area (Å²) in [5.41, 5.74) is 3.89. The summed E-state index contributed by atoms with van der Waals surface area (Å²) < 4.78 is 14.0. The molecule has 318 valence electrons. The Morgan fingerprint density at radius 1 is 1.04 bits per heavy atom. The van der Waals surface area contributed by atoms with Crippen LogP contribution in [0.1, 0.15) is 131 Å². The van der Waals surface area contributed by atoms with Crippen molar-refractivity contribution in [3.05, 3.63) is 47.7 Å². The number of nitrogens with one attached hydrogen (secondary N) is 1. The van der Waals surface area contributed by atoms with E-state index in [0.717, 1.165) is 49.2 Å². The summed E-state index contributed by atoms with van der Waals surface area (Å²) in [6.07, 6.45) is 22.5. The van der Waals surface area contributed by atoms with Gasteiger partial charge >= 0.3 is 0 Å². The molecule has 9 nitrogen and oxygen atoms in total. The number of ether oxygens (including phenoxy) is 2. The number of allylic oxidation sites excluding steroid dienone is 5. The minimum absolute atomic E-state index is 0.0439. The van der Waals surface area contributed by atoms with Gasteiger partial charge in [0.2, 0.25) is 0 Å². The zero-order valence-corrected chi connectivity index (χ0v) is 35.5. The van der Waals surface area contributed by atoms with Gasteiger partial charge in [-0.25, -0.2) is 0 Å². The van der Waals surface area contributed by atoms with E-state index in [2.05, 4.69) is 51.2 Å². The first kappa shape index (κ1) is 41.9. The third-order valence-corrected chi connectivity index (χ3v) is 17.5. The minimum atomic E-state index is -1.33. The summed E-state index contributed by atoms with van der Waals surface area (Å²) in [5.74, 6) is 0.327. The largest absolute Gasteiger partial charge is 0.390 e.